The van der Waals surface area contributed by atoms with Gasteiger partial charge in [0.2, 0.25) is 0 Å². The van der Waals surface area contributed by atoms with Crippen molar-refractivity contribution in [2.75, 3.05) is 0 Å². The molecule has 4 heteroatoms. The zero-order chi connectivity index (χ0) is 31.5. The molecule has 0 aliphatic carbocycles. The Hall–Kier alpha value is -5.84. The standard InChI is InChI=1S/C41H28F2N2/c1-26-19-34(13-17-36(26)32-9-3-28(24-44)4-10-32)38-15-7-30(22-40(38)42)21-31-8-16-39(41(43)23-31)35-14-18-37(27(2)20-35)33-11-5-29(25-45)6-12-33/h3-20,22-23H,21H2,1-2H3. The van der Waals surface area contributed by atoms with Gasteiger partial charge in [0.05, 0.1) is 23.3 Å². The summed E-state index contributed by atoms with van der Waals surface area (Å²) in [6.45, 7) is 3.99. The van der Waals surface area contributed by atoms with Crippen molar-refractivity contribution >= 4 is 0 Å². The van der Waals surface area contributed by atoms with Crippen LogP contribution in [0.3, 0.4) is 0 Å². The van der Waals surface area contributed by atoms with Crippen molar-refractivity contribution in [2.24, 2.45) is 0 Å². The molecule has 6 aromatic carbocycles. The predicted octanol–water partition coefficient (Wildman–Crippen LogP) is 10.6. The summed E-state index contributed by atoms with van der Waals surface area (Å²) in [5.74, 6) is -0.652. The van der Waals surface area contributed by atoms with E-state index in [0.717, 1.165) is 55.6 Å². The van der Waals surface area contributed by atoms with Crippen molar-refractivity contribution < 1.29 is 8.78 Å². The minimum Gasteiger partial charge on any atom is -0.206 e. The molecular formula is C41H28F2N2. The number of benzene rings is 6. The second-order valence-electron chi connectivity index (χ2n) is 11.2. The zero-order valence-corrected chi connectivity index (χ0v) is 24.9. The largest absolute Gasteiger partial charge is 0.206 e. The summed E-state index contributed by atoms with van der Waals surface area (Å²) in [6, 6.07) is 41.2. The van der Waals surface area contributed by atoms with E-state index in [2.05, 4.69) is 12.1 Å². The van der Waals surface area contributed by atoms with Gasteiger partial charge in [0.1, 0.15) is 11.6 Å². The van der Waals surface area contributed by atoms with Gasteiger partial charge in [-0.1, -0.05) is 84.9 Å². The highest BCUT2D eigenvalue weighted by Gasteiger charge is 2.13. The van der Waals surface area contributed by atoms with E-state index in [0.29, 0.717) is 28.7 Å². The van der Waals surface area contributed by atoms with Gasteiger partial charge in [-0.15, -0.1) is 0 Å². The Bertz CT molecular complexity index is 1980. The molecule has 0 bridgehead atoms. The van der Waals surface area contributed by atoms with E-state index in [1.165, 1.54) is 12.1 Å². The van der Waals surface area contributed by atoms with Crippen LogP contribution in [0.15, 0.2) is 121 Å². The number of aryl methyl sites for hydroxylation is 2. The molecule has 0 spiro atoms. The fourth-order valence-corrected chi connectivity index (χ4v) is 5.80. The monoisotopic (exact) mass is 586 g/mol. The van der Waals surface area contributed by atoms with Crippen molar-refractivity contribution in [2.45, 2.75) is 20.3 Å². The van der Waals surface area contributed by atoms with Crippen LogP contribution in [0, 0.1) is 48.1 Å². The van der Waals surface area contributed by atoms with Crippen LogP contribution >= 0.6 is 0 Å². The van der Waals surface area contributed by atoms with Crippen molar-refractivity contribution in [1.82, 2.24) is 0 Å². The molecule has 0 unspecified atom stereocenters. The second kappa shape index (κ2) is 12.4. The molecular weight excluding hydrogens is 558 g/mol. The van der Waals surface area contributed by atoms with Crippen LogP contribution in [0.2, 0.25) is 0 Å². The Morgan fingerprint density at radius 2 is 0.800 bits per heavy atom. The van der Waals surface area contributed by atoms with E-state index in [1.54, 1.807) is 36.4 Å². The molecule has 6 aromatic rings. The van der Waals surface area contributed by atoms with Crippen LogP contribution in [0.4, 0.5) is 8.78 Å². The fourth-order valence-electron chi connectivity index (χ4n) is 5.80. The highest BCUT2D eigenvalue weighted by molar-refractivity contribution is 5.75. The molecule has 6 rings (SSSR count). The van der Waals surface area contributed by atoms with Crippen molar-refractivity contribution in [3.8, 4) is 56.6 Å². The lowest BCUT2D eigenvalue weighted by atomic mass is 9.93. The molecule has 0 N–H and O–H groups in total. The average molecular weight is 587 g/mol. The van der Waals surface area contributed by atoms with Gasteiger partial charge in [-0.3, -0.25) is 0 Å². The predicted molar refractivity (Wildman–Crippen MR) is 176 cm³/mol. The normalized spacial score (nSPS) is 10.7. The summed E-state index contributed by atoms with van der Waals surface area (Å²) in [5.41, 5.74) is 11.4. The number of halogens is 2. The first-order valence-corrected chi connectivity index (χ1v) is 14.6. The summed E-state index contributed by atoms with van der Waals surface area (Å²) in [6.07, 6.45) is 0.404. The van der Waals surface area contributed by atoms with Crippen LogP contribution in [0.5, 0.6) is 0 Å². The molecule has 0 fully saturated rings. The number of nitrogens with zero attached hydrogens (tertiary/aromatic N) is 2. The summed E-state index contributed by atoms with van der Waals surface area (Å²) in [4.78, 5) is 0. The van der Waals surface area contributed by atoms with E-state index in [9.17, 15) is 0 Å². The zero-order valence-electron chi connectivity index (χ0n) is 24.9. The van der Waals surface area contributed by atoms with Gasteiger partial charge in [-0.2, -0.15) is 10.5 Å². The Morgan fingerprint density at radius 1 is 0.444 bits per heavy atom. The maximum Gasteiger partial charge on any atom is 0.131 e. The van der Waals surface area contributed by atoms with Crippen LogP contribution < -0.4 is 0 Å². The number of nitriles is 2. The van der Waals surface area contributed by atoms with Gasteiger partial charge in [0.15, 0.2) is 0 Å². The summed E-state index contributed by atoms with van der Waals surface area (Å²) < 4.78 is 30.7. The maximum atomic E-state index is 15.4. The van der Waals surface area contributed by atoms with E-state index in [1.807, 2.05) is 86.6 Å². The van der Waals surface area contributed by atoms with Gasteiger partial charge in [-0.05, 0) is 112 Å². The SMILES string of the molecule is Cc1cc(-c2ccc(Cc3ccc(-c4ccc(-c5ccc(C#N)cc5)c(C)c4)c(F)c3)cc2F)ccc1-c1ccc(C#N)cc1. The molecule has 0 radical (unpaired) electrons. The molecule has 0 atom stereocenters. The molecule has 0 saturated carbocycles. The smallest absolute Gasteiger partial charge is 0.131 e. The first-order chi connectivity index (χ1) is 21.8. The molecule has 0 amide bonds. The van der Waals surface area contributed by atoms with Crippen LogP contribution in [0.25, 0.3) is 44.5 Å². The molecule has 2 nitrogen and oxygen atoms in total. The third-order valence-electron chi connectivity index (χ3n) is 8.20. The third-order valence-corrected chi connectivity index (χ3v) is 8.20. The second-order valence-corrected chi connectivity index (χ2v) is 11.2. The average Bonchev–Trinajstić information content (AvgIpc) is 3.05. The van der Waals surface area contributed by atoms with E-state index >= 15 is 8.78 Å². The van der Waals surface area contributed by atoms with Crippen LogP contribution in [-0.2, 0) is 6.42 Å². The minimum absolute atomic E-state index is 0.326. The van der Waals surface area contributed by atoms with Gasteiger partial charge >= 0.3 is 0 Å². The molecule has 0 aromatic heterocycles. The molecule has 45 heavy (non-hydrogen) atoms. The summed E-state index contributed by atoms with van der Waals surface area (Å²) in [5, 5.41) is 18.1. The minimum atomic E-state index is -0.326. The lowest BCUT2D eigenvalue weighted by Crippen LogP contribution is -1.95. The maximum absolute atomic E-state index is 15.4. The van der Waals surface area contributed by atoms with E-state index in [-0.39, 0.29) is 11.6 Å². The van der Waals surface area contributed by atoms with Gasteiger partial charge in [-0.25, -0.2) is 8.78 Å². The summed E-state index contributed by atoms with van der Waals surface area (Å²) in [7, 11) is 0. The first-order valence-electron chi connectivity index (χ1n) is 14.6. The number of hydrogen-bond acceptors (Lipinski definition) is 2. The van der Waals surface area contributed by atoms with Gasteiger partial charge in [0.25, 0.3) is 0 Å². The fraction of sp³-hybridized carbons (Fsp3) is 0.0732. The highest BCUT2D eigenvalue weighted by atomic mass is 19.1. The van der Waals surface area contributed by atoms with Crippen molar-refractivity contribution in [1.29, 1.82) is 10.5 Å². The molecule has 0 aliphatic rings. The lowest BCUT2D eigenvalue weighted by Gasteiger charge is -2.12. The summed E-state index contributed by atoms with van der Waals surface area (Å²) >= 11 is 0. The van der Waals surface area contributed by atoms with Crippen molar-refractivity contribution in [3.05, 3.63) is 166 Å². The van der Waals surface area contributed by atoms with Crippen LogP contribution in [-0.4, -0.2) is 0 Å². The first kappa shape index (κ1) is 29.2. The highest BCUT2D eigenvalue weighted by Crippen LogP contribution is 2.33. The third kappa shape index (κ3) is 6.14. The number of hydrogen-bond donors (Lipinski definition) is 0. The Morgan fingerprint density at radius 3 is 1.13 bits per heavy atom. The Balaban J connectivity index is 1.18. The molecule has 0 heterocycles. The molecule has 0 saturated heterocycles. The molecule has 216 valence electrons. The number of rotatable bonds is 6. The van der Waals surface area contributed by atoms with E-state index < -0.39 is 0 Å². The van der Waals surface area contributed by atoms with Gasteiger partial charge < -0.3 is 0 Å². The lowest BCUT2D eigenvalue weighted by molar-refractivity contribution is 0.627. The van der Waals surface area contributed by atoms with Crippen LogP contribution in [0.1, 0.15) is 33.4 Å². The Labute approximate surface area is 262 Å². The van der Waals surface area contributed by atoms with Crippen molar-refractivity contribution in [3.63, 3.8) is 0 Å². The topological polar surface area (TPSA) is 47.6 Å². The molecule has 0 aliphatic heterocycles. The quantitative estimate of drug-likeness (QED) is 0.195. The van der Waals surface area contributed by atoms with E-state index in [4.69, 9.17) is 10.5 Å². The van der Waals surface area contributed by atoms with Gasteiger partial charge in [0, 0.05) is 11.1 Å². The Kier molecular flexibility index (Phi) is 8.06.